The minimum Gasteiger partial charge on any atom is -0.369 e. The van der Waals surface area contributed by atoms with Gasteiger partial charge in [0.2, 0.25) is 15.9 Å². The third-order valence-electron chi connectivity index (χ3n) is 5.42. The summed E-state index contributed by atoms with van der Waals surface area (Å²) in [4.78, 5) is 11.3. The number of amides is 1. The van der Waals surface area contributed by atoms with Crippen molar-refractivity contribution in [2.45, 2.75) is 38.1 Å². The maximum Gasteiger partial charge on any atom is 0.241 e. The van der Waals surface area contributed by atoms with Gasteiger partial charge < -0.3 is 11.1 Å². The van der Waals surface area contributed by atoms with Crippen LogP contribution in [0.1, 0.15) is 25.0 Å². The van der Waals surface area contributed by atoms with E-state index in [2.05, 4.69) is 20.2 Å². The number of sulfonamides is 1. The summed E-state index contributed by atoms with van der Waals surface area (Å²) < 4.78 is 28.4. The molecule has 0 radical (unpaired) electrons. The number of primary amides is 1. The SMILES string of the molecule is Cc1ccc(-c2nnc(Nc3ccc(CC(N)=O)cc3)c3ccccc23)cc1S(=O)(=O)NC(C)C. The number of fused-ring (bicyclic) bond motifs is 1. The number of rotatable bonds is 8. The molecule has 1 aromatic heterocycles. The van der Waals surface area contributed by atoms with E-state index in [-0.39, 0.29) is 23.3 Å². The molecule has 0 saturated carbocycles. The molecule has 1 amide bonds. The molecule has 0 spiro atoms. The summed E-state index contributed by atoms with van der Waals surface area (Å²) in [6.07, 6.45) is 0.179. The Morgan fingerprint density at radius 3 is 2.31 bits per heavy atom. The molecule has 4 rings (SSSR count). The maximum absolute atomic E-state index is 12.9. The van der Waals surface area contributed by atoms with Crippen LogP contribution in [0.25, 0.3) is 22.0 Å². The average molecular weight is 490 g/mol. The monoisotopic (exact) mass is 489 g/mol. The maximum atomic E-state index is 12.9. The number of hydrogen-bond acceptors (Lipinski definition) is 6. The van der Waals surface area contributed by atoms with Crippen molar-refractivity contribution in [2.75, 3.05) is 5.32 Å². The number of anilines is 2. The van der Waals surface area contributed by atoms with Crippen molar-refractivity contribution < 1.29 is 13.2 Å². The number of aryl methyl sites for hydroxylation is 1. The number of carbonyl (C=O) groups excluding carboxylic acids is 1. The molecule has 8 nitrogen and oxygen atoms in total. The van der Waals surface area contributed by atoms with Crippen LogP contribution < -0.4 is 15.8 Å². The summed E-state index contributed by atoms with van der Waals surface area (Å²) in [5.74, 6) is 0.179. The molecule has 0 aliphatic heterocycles. The summed E-state index contributed by atoms with van der Waals surface area (Å²) in [6.45, 7) is 5.34. The highest BCUT2D eigenvalue weighted by atomic mass is 32.2. The number of aromatic nitrogens is 2. The van der Waals surface area contributed by atoms with E-state index < -0.39 is 10.0 Å². The van der Waals surface area contributed by atoms with Crippen LogP contribution in [0.3, 0.4) is 0 Å². The molecule has 35 heavy (non-hydrogen) atoms. The van der Waals surface area contributed by atoms with Crippen LogP contribution >= 0.6 is 0 Å². The lowest BCUT2D eigenvalue weighted by molar-refractivity contribution is -0.117. The molecule has 4 N–H and O–H groups in total. The summed E-state index contributed by atoms with van der Waals surface area (Å²) in [5, 5.41) is 13.8. The van der Waals surface area contributed by atoms with E-state index in [1.54, 1.807) is 32.9 Å². The van der Waals surface area contributed by atoms with Gasteiger partial charge in [0, 0.05) is 28.1 Å². The number of nitrogens with two attached hydrogens (primary N) is 1. The van der Waals surface area contributed by atoms with Crippen LogP contribution in [-0.2, 0) is 21.2 Å². The Kier molecular flexibility index (Phi) is 6.81. The Morgan fingerprint density at radius 1 is 0.971 bits per heavy atom. The molecule has 180 valence electrons. The van der Waals surface area contributed by atoms with Crippen LogP contribution in [0.4, 0.5) is 11.5 Å². The molecule has 0 aliphatic rings. The Labute approximate surface area is 204 Å². The number of benzene rings is 3. The predicted molar refractivity (Wildman–Crippen MR) is 138 cm³/mol. The van der Waals surface area contributed by atoms with Crippen LogP contribution in [0, 0.1) is 6.92 Å². The van der Waals surface area contributed by atoms with Gasteiger partial charge in [0.15, 0.2) is 5.82 Å². The molecule has 3 aromatic carbocycles. The lowest BCUT2D eigenvalue weighted by Gasteiger charge is -2.14. The Morgan fingerprint density at radius 2 is 1.66 bits per heavy atom. The summed E-state index contributed by atoms with van der Waals surface area (Å²) in [5.41, 5.74) is 8.77. The normalized spacial score (nSPS) is 11.7. The van der Waals surface area contributed by atoms with Crippen molar-refractivity contribution in [3.05, 3.63) is 77.9 Å². The van der Waals surface area contributed by atoms with Crippen molar-refractivity contribution in [3.8, 4) is 11.3 Å². The second kappa shape index (κ2) is 9.81. The number of carbonyl (C=O) groups is 1. The topological polar surface area (TPSA) is 127 Å². The third-order valence-corrected chi connectivity index (χ3v) is 7.22. The molecular weight excluding hydrogens is 462 g/mol. The third kappa shape index (κ3) is 5.47. The van der Waals surface area contributed by atoms with Gasteiger partial charge in [-0.3, -0.25) is 4.79 Å². The van der Waals surface area contributed by atoms with Gasteiger partial charge in [-0.05, 0) is 50.1 Å². The Balaban J connectivity index is 1.74. The average Bonchev–Trinajstić information content (AvgIpc) is 2.80. The first-order chi connectivity index (χ1) is 16.6. The van der Waals surface area contributed by atoms with E-state index in [0.29, 0.717) is 22.6 Å². The molecule has 0 unspecified atom stereocenters. The van der Waals surface area contributed by atoms with Crippen molar-refractivity contribution in [1.82, 2.24) is 14.9 Å². The number of nitrogens with zero attached hydrogens (tertiary/aromatic N) is 2. The smallest absolute Gasteiger partial charge is 0.241 e. The van der Waals surface area contributed by atoms with Crippen molar-refractivity contribution in [1.29, 1.82) is 0 Å². The number of hydrogen-bond donors (Lipinski definition) is 3. The fourth-order valence-electron chi connectivity index (χ4n) is 3.86. The molecule has 9 heteroatoms. The first-order valence-corrected chi connectivity index (χ1v) is 12.7. The fraction of sp³-hybridized carbons (Fsp3) is 0.192. The van der Waals surface area contributed by atoms with Gasteiger partial charge in [-0.2, -0.15) is 0 Å². The van der Waals surface area contributed by atoms with Gasteiger partial charge in [0.1, 0.15) is 5.69 Å². The first-order valence-electron chi connectivity index (χ1n) is 11.2. The minimum atomic E-state index is -3.67. The summed E-state index contributed by atoms with van der Waals surface area (Å²) in [7, 11) is -3.67. The van der Waals surface area contributed by atoms with E-state index in [9.17, 15) is 13.2 Å². The number of nitrogens with one attached hydrogen (secondary N) is 2. The summed E-state index contributed by atoms with van der Waals surface area (Å²) >= 11 is 0. The van der Waals surface area contributed by atoms with Gasteiger partial charge in [0.05, 0.1) is 11.3 Å². The second-order valence-electron chi connectivity index (χ2n) is 8.66. The molecule has 0 bridgehead atoms. The van der Waals surface area contributed by atoms with Crippen LogP contribution in [0.5, 0.6) is 0 Å². The van der Waals surface area contributed by atoms with Gasteiger partial charge in [-0.15, -0.1) is 10.2 Å². The van der Waals surface area contributed by atoms with Crippen LogP contribution in [-0.4, -0.2) is 30.6 Å². The van der Waals surface area contributed by atoms with E-state index in [4.69, 9.17) is 5.73 Å². The van der Waals surface area contributed by atoms with Gasteiger partial charge in [-0.25, -0.2) is 13.1 Å². The van der Waals surface area contributed by atoms with Gasteiger partial charge >= 0.3 is 0 Å². The zero-order valence-electron chi connectivity index (χ0n) is 19.7. The first kappa shape index (κ1) is 24.3. The molecule has 0 atom stereocenters. The van der Waals surface area contributed by atoms with Gasteiger partial charge in [-0.1, -0.05) is 48.5 Å². The molecule has 1 heterocycles. The molecular formula is C26H27N5O3S. The largest absolute Gasteiger partial charge is 0.369 e. The van der Waals surface area contributed by atoms with Crippen molar-refractivity contribution in [3.63, 3.8) is 0 Å². The Bertz CT molecular complexity index is 1500. The highest BCUT2D eigenvalue weighted by Crippen LogP contribution is 2.32. The standard InChI is InChI=1S/C26H27N5O3S/c1-16(2)31-35(33,34)23-15-19(11-8-17(23)3)25-21-6-4-5-7-22(21)26(30-29-25)28-20-12-9-18(10-13-20)14-24(27)32/h4-13,15-16,31H,14H2,1-3H3,(H2,27,32)(H,28,30). The zero-order valence-corrected chi connectivity index (χ0v) is 20.6. The molecule has 0 saturated heterocycles. The van der Waals surface area contributed by atoms with E-state index >= 15 is 0 Å². The lowest BCUT2D eigenvalue weighted by Crippen LogP contribution is -2.30. The quantitative estimate of drug-likeness (QED) is 0.342. The minimum absolute atomic E-state index is 0.179. The van der Waals surface area contributed by atoms with Crippen molar-refractivity contribution in [2.24, 2.45) is 5.73 Å². The van der Waals surface area contributed by atoms with Crippen LogP contribution in [0.2, 0.25) is 0 Å². The predicted octanol–water partition coefficient (Wildman–Crippen LogP) is 4.06. The second-order valence-corrected chi connectivity index (χ2v) is 10.3. The van der Waals surface area contributed by atoms with E-state index in [1.807, 2.05) is 54.6 Å². The highest BCUT2D eigenvalue weighted by molar-refractivity contribution is 7.89. The van der Waals surface area contributed by atoms with Crippen LogP contribution in [0.15, 0.2) is 71.6 Å². The molecule has 4 aromatic rings. The Hall–Kier alpha value is -3.82. The lowest BCUT2D eigenvalue weighted by atomic mass is 10.0. The summed E-state index contributed by atoms with van der Waals surface area (Å²) in [6, 6.07) is 20.1. The highest BCUT2D eigenvalue weighted by Gasteiger charge is 2.20. The zero-order chi connectivity index (χ0) is 25.2. The van der Waals surface area contributed by atoms with Gasteiger partial charge in [0.25, 0.3) is 0 Å². The molecule has 0 aliphatic carbocycles. The van der Waals surface area contributed by atoms with E-state index in [1.165, 1.54) is 0 Å². The van der Waals surface area contributed by atoms with Crippen molar-refractivity contribution >= 4 is 38.2 Å². The molecule has 0 fully saturated rings. The fourth-order valence-corrected chi connectivity index (χ4v) is 5.39. The van der Waals surface area contributed by atoms with E-state index in [0.717, 1.165) is 22.0 Å².